The van der Waals surface area contributed by atoms with Crippen LogP contribution in [-0.4, -0.2) is 69.4 Å². The minimum absolute atomic E-state index is 0. The predicted molar refractivity (Wildman–Crippen MR) is 194 cm³/mol. The van der Waals surface area contributed by atoms with Crippen LogP contribution in [0.25, 0.3) is 20.4 Å². The number of ether oxygens (including phenoxy) is 2. The molecule has 0 bridgehead atoms. The van der Waals surface area contributed by atoms with Crippen LogP contribution in [0.1, 0.15) is 43.3 Å². The number of ketones is 2. The summed E-state index contributed by atoms with van der Waals surface area (Å²) < 4.78 is 12.1. The first-order valence-corrected chi connectivity index (χ1v) is 17.6. The number of aromatic amines is 1. The van der Waals surface area contributed by atoms with E-state index in [9.17, 15) is 9.59 Å². The summed E-state index contributed by atoms with van der Waals surface area (Å²) in [5, 5.41) is 10.6. The van der Waals surface area contributed by atoms with Gasteiger partial charge in [-0.2, -0.15) is 0 Å². The number of aromatic nitrogens is 4. The van der Waals surface area contributed by atoms with E-state index in [4.69, 9.17) is 54.3 Å². The number of hydrogen-bond acceptors (Lipinski definition) is 11. The van der Waals surface area contributed by atoms with E-state index in [0.29, 0.717) is 50.3 Å². The summed E-state index contributed by atoms with van der Waals surface area (Å²) >= 11 is 18.9. The number of pyridine rings is 2. The molecule has 0 aromatic carbocycles. The van der Waals surface area contributed by atoms with Crippen molar-refractivity contribution in [1.82, 2.24) is 19.5 Å². The molecule has 51 heavy (non-hydrogen) atoms. The third-order valence-electron chi connectivity index (χ3n) is 6.50. The average molecular weight is 846 g/mol. The first-order chi connectivity index (χ1) is 23.6. The van der Waals surface area contributed by atoms with E-state index in [1.54, 1.807) is 50.9 Å². The zero-order valence-corrected chi connectivity index (χ0v) is 39.0. The molecule has 6 aromatic heterocycles. The Morgan fingerprint density at radius 2 is 1.35 bits per heavy atom. The Hall–Kier alpha value is -0.707. The number of H-pyrrole nitrogens is 1. The maximum Gasteiger partial charge on any atom is 1.00 e. The van der Waals surface area contributed by atoms with E-state index >= 15 is 0 Å². The second kappa shape index (κ2) is 25.4. The molecular weight excluding hydrogens is 813 g/mol. The van der Waals surface area contributed by atoms with Crippen molar-refractivity contribution in [2.24, 2.45) is 0 Å². The summed E-state index contributed by atoms with van der Waals surface area (Å²) in [6, 6.07) is 14.8. The van der Waals surface area contributed by atoms with Crippen LogP contribution >= 0.6 is 57.5 Å². The Bertz CT molecular complexity index is 1940. The first kappa shape index (κ1) is 48.3. The van der Waals surface area contributed by atoms with E-state index in [2.05, 4.69) is 30.5 Å². The molecule has 1 N–H and O–H groups in total. The molecule has 0 radical (unpaired) electrons. The fourth-order valence-corrected chi connectivity index (χ4v) is 6.79. The van der Waals surface area contributed by atoms with Crippen molar-refractivity contribution >= 4 is 95.9 Å². The number of thiophene rings is 2. The maximum atomic E-state index is 12.6. The van der Waals surface area contributed by atoms with Crippen LogP contribution in [0.2, 0.25) is 0 Å². The standard InChI is InChI=1S/C16H15ClN2O2S.C14H12N2O2S.C2H4Cl2.CH2O3.2K.H/c1-10-7-12-8-13(22-16(12)19(10)6-5-17)15(20)11-3-4-14(21-2)18-9-11;1-8-5-10-6-11(19-14(10)16-8)13(17)9-3-4-12(18-2)15-7-9;3-1-2-4;2-1-4-3;;;/h3-4,7-9H,5-6H2,1-2H3;3-7,16H,1-2H3;1-2H2;1,3H;;;/q;;;;2*+1;-1/p-1. The molecule has 0 fully saturated rings. The van der Waals surface area contributed by atoms with Gasteiger partial charge in [-0.1, -0.05) is 0 Å². The molecule has 0 saturated heterocycles. The number of fused-ring (bicyclic) bond motifs is 2. The van der Waals surface area contributed by atoms with E-state index in [0.717, 1.165) is 38.4 Å². The smallest absolute Gasteiger partial charge is 1.00 e. The van der Waals surface area contributed by atoms with E-state index < -0.39 is 0 Å². The summed E-state index contributed by atoms with van der Waals surface area (Å²) in [7, 11) is 3.10. The number of hydrogen-bond donors (Lipinski definition) is 1. The summed E-state index contributed by atoms with van der Waals surface area (Å²) in [5.74, 6) is 2.63. The monoisotopic (exact) mass is 844 g/mol. The second-order valence-electron chi connectivity index (χ2n) is 9.75. The molecule has 6 rings (SSSR count). The van der Waals surface area contributed by atoms with E-state index in [1.807, 2.05) is 32.0 Å². The Morgan fingerprint density at radius 1 is 0.843 bits per heavy atom. The number of aryl methyl sites for hydroxylation is 3. The molecule has 11 nitrogen and oxygen atoms in total. The van der Waals surface area contributed by atoms with Gasteiger partial charge in [0.1, 0.15) is 9.66 Å². The molecular formula is C33H33Cl3K2N4O7S2. The Kier molecular flexibility index (Phi) is 24.0. The Balaban J connectivity index is 0.000000796. The third kappa shape index (κ3) is 14.1. The van der Waals surface area contributed by atoms with Gasteiger partial charge in [0.15, 0.2) is 0 Å². The van der Waals surface area contributed by atoms with Crippen molar-refractivity contribution < 1.29 is 138 Å². The molecule has 18 heteroatoms. The Labute approximate surface area is 404 Å². The number of methoxy groups -OCH3 is 2. The largest absolute Gasteiger partial charge is 1.00 e. The predicted octanol–water partition coefficient (Wildman–Crippen LogP) is 1.08. The van der Waals surface area contributed by atoms with Gasteiger partial charge < -0.3 is 30.6 Å². The van der Waals surface area contributed by atoms with Crippen LogP contribution < -0.4 is 118 Å². The van der Waals surface area contributed by atoms with Crippen LogP contribution in [0.4, 0.5) is 0 Å². The minimum atomic E-state index is -0.181. The van der Waals surface area contributed by atoms with E-state index in [-0.39, 0.29) is 122 Å². The van der Waals surface area contributed by atoms with Crippen LogP contribution in [-0.2, 0) is 16.2 Å². The van der Waals surface area contributed by atoms with Gasteiger partial charge in [0, 0.05) is 82.0 Å². The molecule has 0 saturated carbocycles. The number of carbonyl (C=O) groups is 3. The normalized spacial score (nSPS) is 9.80. The molecule has 262 valence electrons. The van der Waals surface area contributed by atoms with Crippen molar-refractivity contribution in [2.75, 3.05) is 31.9 Å². The van der Waals surface area contributed by atoms with Gasteiger partial charge in [0.05, 0.1) is 24.0 Å². The molecule has 0 aliphatic rings. The maximum absolute atomic E-state index is 12.6. The number of nitrogens with one attached hydrogen (secondary N) is 1. The van der Waals surface area contributed by atoms with Crippen LogP contribution in [0.5, 0.6) is 11.8 Å². The fourth-order valence-electron chi connectivity index (χ4n) is 4.37. The van der Waals surface area contributed by atoms with Crippen LogP contribution in [0.3, 0.4) is 0 Å². The number of halogens is 3. The third-order valence-corrected chi connectivity index (χ3v) is 9.48. The van der Waals surface area contributed by atoms with E-state index in [1.165, 1.54) is 22.7 Å². The van der Waals surface area contributed by atoms with Gasteiger partial charge in [0.2, 0.25) is 23.3 Å². The average Bonchev–Trinajstić information content (AvgIpc) is 3.89. The molecule has 0 spiro atoms. The number of rotatable bonds is 10. The fraction of sp³-hybridized carbons (Fsp3) is 0.242. The van der Waals surface area contributed by atoms with Gasteiger partial charge in [-0.3, -0.25) is 14.4 Å². The molecule has 0 aliphatic heterocycles. The summed E-state index contributed by atoms with van der Waals surface area (Å²) in [4.78, 5) is 51.0. The van der Waals surface area contributed by atoms with Crippen LogP contribution in [0, 0.1) is 13.8 Å². The minimum Gasteiger partial charge on any atom is -1.00 e. The SMILES string of the molecule is COc1ccc(C(=O)c2cc3cc(C)[nH]c3s2)cn1.COc1ccc(C(=O)c2cc3cc(C)n(CCCl)c3s2)cn1.ClCCCl.O=CO[O-].[H-].[K+].[K+]. The topological polar surface area (TPSA) is 148 Å². The van der Waals surface area contributed by atoms with Crippen molar-refractivity contribution in [3.8, 4) is 11.8 Å². The summed E-state index contributed by atoms with van der Waals surface area (Å²) in [6.07, 6.45) is 3.09. The van der Waals surface area contributed by atoms with Crippen molar-refractivity contribution in [3.05, 3.63) is 93.2 Å². The number of nitrogens with zero attached hydrogens (tertiary/aromatic N) is 3. The first-order valence-electron chi connectivity index (χ1n) is 14.3. The quantitative estimate of drug-likeness (QED) is 0.0535. The summed E-state index contributed by atoms with van der Waals surface area (Å²) in [6.45, 7) is 4.62. The zero-order chi connectivity index (χ0) is 35.9. The number of alkyl halides is 3. The Morgan fingerprint density at radius 3 is 1.76 bits per heavy atom. The van der Waals surface area contributed by atoms with Gasteiger partial charge in [-0.25, -0.2) is 9.97 Å². The van der Waals surface area contributed by atoms with Gasteiger partial charge in [-0.15, -0.1) is 57.5 Å². The molecule has 6 heterocycles. The summed E-state index contributed by atoms with van der Waals surface area (Å²) in [5.41, 5.74) is 3.39. The molecule has 0 amide bonds. The van der Waals surface area contributed by atoms with Gasteiger partial charge in [0.25, 0.3) is 6.47 Å². The molecule has 0 atom stereocenters. The zero-order valence-electron chi connectivity index (χ0n) is 29.8. The van der Waals surface area contributed by atoms with Crippen molar-refractivity contribution in [2.45, 2.75) is 20.4 Å². The van der Waals surface area contributed by atoms with Crippen LogP contribution in [0.15, 0.2) is 60.9 Å². The van der Waals surface area contributed by atoms with Crippen molar-refractivity contribution in [3.63, 3.8) is 0 Å². The number of carbonyl (C=O) groups excluding carboxylic acids is 3. The van der Waals surface area contributed by atoms with Crippen molar-refractivity contribution in [1.29, 1.82) is 0 Å². The van der Waals surface area contributed by atoms with Gasteiger partial charge in [-0.05, 0) is 50.2 Å². The second-order valence-corrected chi connectivity index (χ2v) is 13.0. The molecule has 0 aliphatic carbocycles. The molecule has 0 unspecified atom stereocenters. The molecule has 6 aromatic rings. The van der Waals surface area contributed by atoms with Gasteiger partial charge >= 0.3 is 103 Å².